The topological polar surface area (TPSA) is 74.5 Å². The summed E-state index contributed by atoms with van der Waals surface area (Å²) in [7, 11) is 1.93. The van der Waals surface area contributed by atoms with Crippen molar-refractivity contribution in [1.82, 2.24) is 5.01 Å². The number of allylic oxidation sites excluding steroid dienone is 2. The van der Waals surface area contributed by atoms with Crippen LogP contribution in [-0.4, -0.2) is 36.1 Å². The number of hydrazone groups is 1. The normalized spacial score (nSPS) is 16.5. The van der Waals surface area contributed by atoms with E-state index in [4.69, 9.17) is 26.3 Å². The number of carbonyl (C=O) groups excluding carboxylic acids is 1. The summed E-state index contributed by atoms with van der Waals surface area (Å²) in [5.74, 6) is -0.242. The molecule has 30 heavy (non-hydrogen) atoms. The summed E-state index contributed by atoms with van der Waals surface area (Å²) < 4.78 is 13.2. The number of hydrogen-bond donors (Lipinski definition) is 0. The van der Waals surface area contributed by atoms with E-state index < -0.39 is 0 Å². The minimum absolute atomic E-state index is 0.0297. The van der Waals surface area contributed by atoms with Crippen molar-refractivity contribution in [1.29, 1.82) is 0 Å². The van der Waals surface area contributed by atoms with E-state index in [9.17, 15) is 4.39 Å². The predicted molar refractivity (Wildman–Crippen MR) is 119 cm³/mol. The number of benzene rings is 2. The Kier molecular flexibility index (Phi) is 8.55. The third kappa shape index (κ3) is 6.70. The van der Waals surface area contributed by atoms with E-state index in [1.165, 1.54) is 12.1 Å². The molecule has 3 rings (SSSR count). The van der Waals surface area contributed by atoms with Crippen LogP contribution in [0.1, 0.15) is 31.4 Å². The summed E-state index contributed by atoms with van der Waals surface area (Å²) in [6, 6.07) is 14.1. The molecule has 156 valence electrons. The first-order chi connectivity index (χ1) is 14.3. The SMILES string of the molecule is CC1=NN(C)C(/N=C(\C=C(/C)c2ccc(F)cc2)c2ccc(Cl)cc2)C1.O=CN=O. The third-order valence-electron chi connectivity index (χ3n) is 4.36. The van der Waals surface area contributed by atoms with Crippen molar-refractivity contribution in [2.24, 2.45) is 15.3 Å². The number of carbonyl (C=O) groups is 1. The maximum atomic E-state index is 13.2. The molecule has 0 bridgehead atoms. The molecule has 1 unspecified atom stereocenters. The van der Waals surface area contributed by atoms with E-state index >= 15 is 0 Å². The number of rotatable bonds is 5. The van der Waals surface area contributed by atoms with Gasteiger partial charge in [0.25, 0.3) is 6.41 Å². The lowest BCUT2D eigenvalue weighted by Crippen LogP contribution is -2.22. The molecule has 6 nitrogen and oxygen atoms in total. The summed E-state index contributed by atoms with van der Waals surface area (Å²) in [5, 5.41) is 8.81. The van der Waals surface area contributed by atoms with Gasteiger partial charge in [-0.3, -0.25) is 14.8 Å². The average molecular weight is 429 g/mol. The van der Waals surface area contributed by atoms with Gasteiger partial charge in [0, 0.05) is 29.4 Å². The minimum atomic E-state index is -0.242. The molecule has 0 fully saturated rings. The molecule has 0 aliphatic carbocycles. The van der Waals surface area contributed by atoms with Gasteiger partial charge in [0.05, 0.1) is 5.71 Å². The van der Waals surface area contributed by atoms with Crippen LogP contribution in [-0.2, 0) is 4.79 Å². The highest BCUT2D eigenvalue weighted by atomic mass is 35.5. The molecule has 0 N–H and O–H groups in total. The second kappa shape index (κ2) is 11.1. The van der Waals surface area contributed by atoms with Crippen LogP contribution in [0.2, 0.25) is 5.02 Å². The Bertz CT molecular complexity index is 964. The first-order valence-corrected chi connectivity index (χ1v) is 9.53. The molecule has 1 atom stereocenters. The molecule has 1 aliphatic heterocycles. The van der Waals surface area contributed by atoms with Crippen molar-refractivity contribution in [3.63, 3.8) is 0 Å². The van der Waals surface area contributed by atoms with Crippen LogP contribution >= 0.6 is 11.6 Å². The van der Waals surface area contributed by atoms with E-state index in [2.05, 4.69) is 5.10 Å². The highest BCUT2D eigenvalue weighted by molar-refractivity contribution is 6.30. The summed E-state index contributed by atoms with van der Waals surface area (Å²) in [6.07, 6.45) is 2.74. The van der Waals surface area contributed by atoms with Crippen LogP contribution in [0.4, 0.5) is 4.39 Å². The highest BCUT2D eigenvalue weighted by Gasteiger charge is 2.20. The van der Waals surface area contributed by atoms with Crippen molar-refractivity contribution < 1.29 is 9.18 Å². The summed E-state index contributed by atoms with van der Waals surface area (Å²) >= 11 is 6.03. The van der Waals surface area contributed by atoms with E-state index in [1.54, 1.807) is 17.3 Å². The molecule has 0 radical (unpaired) electrons. The van der Waals surface area contributed by atoms with Gasteiger partial charge in [0.15, 0.2) is 0 Å². The number of aliphatic imine (C=N–C) groups is 1. The van der Waals surface area contributed by atoms with Gasteiger partial charge in [-0.15, -0.1) is 4.91 Å². The van der Waals surface area contributed by atoms with E-state index in [0.717, 1.165) is 34.5 Å². The van der Waals surface area contributed by atoms with Crippen molar-refractivity contribution in [2.75, 3.05) is 7.05 Å². The Morgan fingerprint density at radius 3 is 2.23 bits per heavy atom. The minimum Gasteiger partial charge on any atom is -0.276 e. The first-order valence-electron chi connectivity index (χ1n) is 9.15. The predicted octanol–water partition coefficient (Wildman–Crippen LogP) is 5.32. The fourth-order valence-electron chi connectivity index (χ4n) is 2.88. The smallest absolute Gasteiger partial charge is 0.274 e. The van der Waals surface area contributed by atoms with Crippen LogP contribution in [0.15, 0.2) is 69.9 Å². The van der Waals surface area contributed by atoms with Crippen LogP contribution in [0, 0.1) is 10.7 Å². The summed E-state index contributed by atoms with van der Waals surface area (Å²) in [4.78, 5) is 22.2. The van der Waals surface area contributed by atoms with Gasteiger partial charge in [-0.2, -0.15) is 5.10 Å². The van der Waals surface area contributed by atoms with Crippen LogP contribution in [0.25, 0.3) is 5.57 Å². The van der Waals surface area contributed by atoms with Crippen molar-refractivity contribution in [3.8, 4) is 0 Å². The molecule has 2 aromatic carbocycles. The zero-order chi connectivity index (χ0) is 22.1. The van der Waals surface area contributed by atoms with Crippen molar-refractivity contribution in [3.05, 3.63) is 81.5 Å². The Hall–Kier alpha value is -3.19. The zero-order valence-electron chi connectivity index (χ0n) is 16.9. The van der Waals surface area contributed by atoms with Gasteiger partial charge in [0.2, 0.25) is 0 Å². The Balaban J connectivity index is 0.000000735. The highest BCUT2D eigenvalue weighted by Crippen LogP contribution is 2.20. The second-order valence-corrected chi connectivity index (χ2v) is 7.10. The number of halogens is 2. The monoisotopic (exact) mass is 428 g/mol. The number of hydrogen-bond acceptors (Lipinski definition) is 5. The van der Waals surface area contributed by atoms with E-state index in [1.807, 2.05) is 56.2 Å². The number of nitrogens with zero attached hydrogens (tertiary/aromatic N) is 4. The molecular formula is C22H22ClFN4O2. The van der Waals surface area contributed by atoms with Crippen molar-refractivity contribution >= 4 is 35.0 Å². The van der Waals surface area contributed by atoms with Gasteiger partial charge in [-0.1, -0.05) is 35.9 Å². The van der Waals surface area contributed by atoms with Gasteiger partial charge in [-0.25, -0.2) is 4.39 Å². The fourth-order valence-corrected chi connectivity index (χ4v) is 3.01. The second-order valence-electron chi connectivity index (χ2n) is 6.66. The van der Waals surface area contributed by atoms with Crippen LogP contribution < -0.4 is 0 Å². The fraction of sp³-hybridized carbons (Fsp3) is 0.227. The molecule has 8 heteroatoms. The molecular weight excluding hydrogens is 407 g/mol. The average Bonchev–Trinajstić information content (AvgIpc) is 3.05. The third-order valence-corrected chi connectivity index (χ3v) is 4.61. The molecule has 2 aromatic rings. The summed E-state index contributed by atoms with van der Waals surface area (Å²) in [6.45, 7) is 4.01. The Morgan fingerprint density at radius 2 is 1.73 bits per heavy atom. The standard InChI is InChI=1S/C21H21ClFN3.CHNO2/c1-14(16-6-10-19(23)11-7-16)12-20(17-4-8-18(22)9-5-17)24-21-13-15(2)25-26(21)3;3-1-2-4/h4-12,21H,13H2,1-3H3;1H/b14-12+,24-20+;. The molecule has 1 amide bonds. The quantitative estimate of drug-likeness (QED) is 0.367. The number of amides is 1. The maximum absolute atomic E-state index is 13.2. The lowest BCUT2D eigenvalue weighted by Gasteiger charge is -2.16. The zero-order valence-corrected chi connectivity index (χ0v) is 17.7. The largest absolute Gasteiger partial charge is 0.276 e. The molecule has 0 spiro atoms. The lowest BCUT2D eigenvalue weighted by atomic mass is 10.0. The lowest BCUT2D eigenvalue weighted by molar-refractivity contribution is -0.106. The van der Waals surface area contributed by atoms with Gasteiger partial charge >= 0.3 is 0 Å². The van der Waals surface area contributed by atoms with E-state index in [0.29, 0.717) is 5.02 Å². The summed E-state index contributed by atoms with van der Waals surface area (Å²) in [5.41, 5.74) is 4.87. The molecule has 1 heterocycles. The molecule has 0 aromatic heterocycles. The van der Waals surface area contributed by atoms with Gasteiger partial charge in [-0.05, 0) is 60.9 Å². The van der Waals surface area contributed by atoms with Gasteiger partial charge in [0.1, 0.15) is 12.0 Å². The molecule has 0 saturated heterocycles. The number of nitroso groups, excluding NO2 is 1. The maximum Gasteiger partial charge on any atom is 0.274 e. The molecule has 1 aliphatic rings. The molecule has 0 saturated carbocycles. The Morgan fingerprint density at radius 1 is 1.17 bits per heavy atom. The van der Waals surface area contributed by atoms with Gasteiger partial charge < -0.3 is 0 Å². The van der Waals surface area contributed by atoms with Crippen LogP contribution in [0.5, 0.6) is 0 Å². The first kappa shape index (κ1) is 23.1. The van der Waals surface area contributed by atoms with E-state index in [-0.39, 0.29) is 18.4 Å². The van der Waals surface area contributed by atoms with Crippen molar-refractivity contribution in [2.45, 2.75) is 26.4 Å². The van der Waals surface area contributed by atoms with Crippen LogP contribution in [0.3, 0.4) is 0 Å². The Labute approximate surface area is 179 Å².